The fraction of sp³-hybridized carbons (Fsp3) is 0.333. The van der Waals surface area contributed by atoms with E-state index in [0.717, 1.165) is 11.3 Å². The minimum absolute atomic E-state index is 0.0375. The lowest BCUT2D eigenvalue weighted by atomic mass is 10.1. The van der Waals surface area contributed by atoms with Crippen LogP contribution in [0.15, 0.2) is 48.5 Å². The summed E-state index contributed by atoms with van der Waals surface area (Å²) in [7, 11) is 0. The van der Waals surface area contributed by atoms with Crippen molar-refractivity contribution in [3.8, 4) is 5.75 Å². The van der Waals surface area contributed by atoms with Crippen molar-refractivity contribution in [2.45, 2.75) is 25.9 Å². The summed E-state index contributed by atoms with van der Waals surface area (Å²) in [6.45, 7) is 2.58. The fourth-order valence-corrected chi connectivity index (χ4v) is 2.29. The molecule has 6 heteroatoms. The summed E-state index contributed by atoms with van der Waals surface area (Å²) < 4.78 is 5.57. The Morgan fingerprint density at radius 3 is 2.67 bits per heavy atom. The third-order valence-corrected chi connectivity index (χ3v) is 3.54. The molecule has 0 bridgehead atoms. The highest BCUT2D eigenvalue weighted by atomic mass is 16.6. The molecule has 0 saturated carbocycles. The van der Waals surface area contributed by atoms with E-state index in [1.54, 1.807) is 19.1 Å². The van der Waals surface area contributed by atoms with Gasteiger partial charge in [0.15, 0.2) is 0 Å². The molecule has 0 aliphatic heterocycles. The van der Waals surface area contributed by atoms with Gasteiger partial charge in [-0.1, -0.05) is 24.3 Å². The number of nitro benzene ring substituents is 1. The molecule has 6 nitrogen and oxygen atoms in total. The van der Waals surface area contributed by atoms with Gasteiger partial charge in [-0.05, 0) is 43.5 Å². The van der Waals surface area contributed by atoms with Crippen LogP contribution in [0.4, 0.5) is 11.4 Å². The van der Waals surface area contributed by atoms with Gasteiger partial charge in [-0.2, -0.15) is 0 Å². The van der Waals surface area contributed by atoms with Gasteiger partial charge in [0.2, 0.25) is 0 Å². The number of aliphatic hydroxyl groups is 1. The molecule has 0 spiro atoms. The summed E-state index contributed by atoms with van der Waals surface area (Å²) in [5.41, 5.74) is 1.46. The zero-order valence-electron chi connectivity index (χ0n) is 13.6. The van der Waals surface area contributed by atoms with E-state index in [1.807, 2.05) is 30.3 Å². The average Bonchev–Trinajstić information content (AvgIpc) is 2.57. The van der Waals surface area contributed by atoms with E-state index >= 15 is 0 Å². The Kier molecular flexibility index (Phi) is 6.57. The third-order valence-electron chi connectivity index (χ3n) is 3.54. The van der Waals surface area contributed by atoms with Crippen LogP contribution >= 0.6 is 0 Å². The van der Waals surface area contributed by atoms with Gasteiger partial charge in [0.05, 0.1) is 11.0 Å². The van der Waals surface area contributed by atoms with E-state index in [0.29, 0.717) is 31.7 Å². The quantitative estimate of drug-likeness (QED) is 0.418. The first-order valence-electron chi connectivity index (χ1n) is 7.93. The Balaban J connectivity index is 1.95. The predicted molar refractivity (Wildman–Crippen MR) is 93.5 cm³/mol. The van der Waals surface area contributed by atoms with Crippen LogP contribution < -0.4 is 10.1 Å². The lowest BCUT2D eigenvalue weighted by molar-refractivity contribution is -0.384. The van der Waals surface area contributed by atoms with Crippen LogP contribution in [0, 0.1) is 10.1 Å². The van der Waals surface area contributed by atoms with E-state index in [1.165, 1.54) is 6.07 Å². The van der Waals surface area contributed by atoms with Gasteiger partial charge in [0.25, 0.3) is 5.69 Å². The molecule has 24 heavy (non-hydrogen) atoms. The van der Waals surface area contributed by atoms with E-state index in [2.05, 4.69) is 5.32 Å². The average molecular weight is 330 g/mol. The highest BCUT2D eigenvalue weighted by Gasteiger charge is 2.14. The lowest BCUT2D eigenvalue weighted by Gasteiger charge is -2.11. The molecule has 1 atom stereocenters. The van der Waals surface area contributed by atoms with Crippen molar-refractivity contribution in [1.29, 1.82) is 0 Å². The SMILES string of the molecule is C[C@@H](O)CCc1ccc([N+](=O)[O-])c(NCCOc2ccccc2)c1. The normalized spacial score (nSPS) is 11.8. The summed E-state index contributed by atoms with van der Waals surface area (Å²) in [5, 5.41) is 23.6. The molecule has 0 aliphatic rings. The van der Waals surface area contributed by atoms with Crippen molar-refractivity contribution in [2.75, 3.05) is 18.5 Å². The van der Waals surface area contributed by atoms with Crippen LogP contribution in [0.3, 0.4) is 0 Å². The fourth-order valence-electron chi connectivity index (χ4n) is 2.29. The first kappa shape index (κ1) is 17.7. The molecule has 0 saturated heterocycles. The van der Waals surface area contributed by atoms with Crippen LogP contribution in [-0.4, -0.2) is 29.3 Å². The highest BCUT2D eigenvalue weighted by Crippen LogP contribution is 2.26. The van der Waals surface area contributed by atoms with Crippen molar-refractivity contribution >= 4 is 11.4 Å². The molecule has 0 fully saturated rings. The molecule has 2 rings (SSSR count). The topological polar surface area (TPSA) is 84.6 Å². The smallest absolute Gasteiger partial charge is 0.292 e. The first-order chi connectivity index (χ1) is 11.6. The monoisotopic (exact) mass is 330 g/mol. The van der Waals surface area contributed by atoms with Gasteiger partial charge in [0.1, 0.15) is 18.0 Å². The molecule has 0 aromatic heterocycles. The predicted octanol–water partition coefficient (Wildman–Crippen LogP) is 3.40. The molecular formula is C18H22N2O4. The lowest BCUT2D eigenvalue weighted by Crippen LogP contribution is -2.13. The van der Waals surface area contributed by atoms with Gasteiger partial charge in [-0.3, -0.25) is 10.1 Å². The number of rotatable bonds is 9. The molecule has 0 radical (unpaired) electrons. The van der Waals surface area contributed by atoms with Crippen LogP contribution in [0.25, 0.3) is 0 Å². The molecule has 2 aromatic rings. The minimum atomic E-state index is -0.404. The second-order valence-corrected chi connectivity index (χ2v) is 5.58. The van der Waals surface area contributed by atoms with Gasteiger partial charge in [-0.15, -0.1) is 0 Å². The maximum absolute atomic E-state index is 11.1. The van der Waals surface area contributed by atoms with Gasteiger partial charge in [-0.25, -0.2) is 0 Å². The Morgan fingerprint density at radius 2 is 2.00 bits per heavy atom. The van der Waals surface area contributed by atoms with Crippen molar-refractivity contribution in [2.24, 2.45) is 0 Å². The molecule has 2 aromatic carbocycles. The van der Waals surface area contributed by atoms with Crippen molar-refractivity contribution in [1.82, 2.24) is 0 Å². The number of para-hydroxylation sites is 1. The van der Waals surface area contributed by atoms with Crippen molar-refractivity contribution in [3.63, 3.8) is 0 Å². The van der Waals surface area contributed by atoms with Crippen LogP contribution in [-0.2, 0) is 6.42 Å². The number of benzene rings is 2. The molecule has 2 N–H and O–H groups in total. The number of anilines is 1. The highest BCUT2D eigenvalue weighted by molar-refractivity contribution is 5.62. The Labute approximate surface area is 141 Å². The molecule has 0 aliphatic carbocycles. The summed E-state index contributed by atoms with van der Waals surface area (Å²) in [4.78, 5) is 10.7. The molecule has 0 heterocycles. The number of nitro groups is 1. The number of ether oxygens (including phenoxy) is 1. The zero-order valence-corrected chi connectivity index (χ0v) is 13.6. The van der Waals surface area contributed by atoms with Gasteiger partial charge >= 0.3 is 0 Å². The number of hydrogen-bond acceptors (Lipinski definition) is 5. The van der Waals surface area contributed by atoms with E-state index in [-0.39, 0.29) is 5.69 Å². The summed E-state index contributed by atoms with van der Waals surface area (Å²) in [5.74, 6) is 0.763. The standard InChI is InChI=1S/C18H22N2O4/c1-14(21)7-8-15-9-10-18(20(22)23)17(13-15)19-11-12-24-16-5-3-2-4-6-16/h2-6,9-10,13-14,19,21H,7-8,11-12H2,1H3/t14-/m1/s1. The summed E-state index contributed by atoms with van der Waals surface area (Å²) in [6.07, 6.45) is 0.898. The number of aryl methyl sites for hydroxylation is 1. The van der Waals surface area contributed by atoms with Crippen LogP contribution in [0.2, 0.25) is 0 Å². The van der Waals surface area contributed by atoms with E-state index in [9.17, 15) is 15.2 Å². The number of hydrogen-bond donors (Lipinski definition) is 2. The minimum Gasteiger partial charge on any atom is -0.492 e. The molecule has 0 amide bonds. The first-order valence-corrected chi connectivity index (χ1v) is 7.93. The maximum atomic E-state index is 11.1. The van der Waals surface area contributed by atoms with Crippen LogP contribution in [0.5, 0.6) is 5.75 Å². The number of aliphatic hydroxyl groups excluding tert-OH is 1. The number of nitrogens with zero attached hydrogens (tertiary/aromatic N) is 1. The Bertz CT molecular complexity index is 659. The number of nitrogens with one attached hydrogen (secondary N) is 1. The Hall–Kier alpha value is -2.60. The summed E-state index contributed by atoms with van der Waals surface area (Å²) in [6, 6.07) is 14.4. The van der Waals surface area contributed by atoms with Crippen molar-refractivity contribution in [3.05, 3.63) is 64.2 Å². The summed E-state index contributed by atoms with van der Waals surface area (Å²) >= 11 is 0. The second kappa shape index (κ2) is 8.88. The Morgan fingerprint density at radius 1 is 1.25 bits per heavy atom. The molecule has 128 valence electrons. The zero-order chi connectivity index (χ0) is 17.4. The molecular weight excluding hydrogens is 308 g/mol. The van der Waals surface area contributed by atoms with E-state index < -0.39 is 11.0 Å². The van der Waals surface area contributed by atoms with Gasteiger partial charge in [0, 0.05) is 12.6 Å². The maximum Gasteiger partial charge on any atom is 0.292 e. The van der Waals surface area contributed by atoms with Gasteiger partial charge < -0.3 is 15.2 Å². The largest absolute Gasteiger partial charge is 0.492 e. The third kappa shape index (κ3) is 5.55. The molecule has 0 unspecified atom stereocenters. The van der Waals surface area contributed by atoms with Crippen LogP contribution in [0.1, 0.15) is 18.9 Å². The van der Waals surface area contributed by atoms with Crippen molar-refractivity contribution < 1.29 is 14.8 Å². The van der Waals surface area contributed by atoms with E-state index in [4.69, 9.17) is 4.74 Å². The second-order valence-electron chi connectivity index (χ2n) is 5.58.